The molecule has 0 atom stereocenters. The minimum atomic E-state index is 0.494. The van der Waals surface area contributed by atoms with Gasteiger partial charge in [0.05, 0.1) is 10.3 Å². The van der Waals surface area contributed by atoms with Gasteiger partial charge in [-0.25, -0.2) is 0 Å². The van der Waals surface area contributed by atoms with Gasteiger partial charge in [-0.15, -0.1) is 11.3 Å². The summed E-state index contributed by atoms with van der Waals surface area (Å²) in [5, 5.41) is 2.09. The number of rotatable bonds is 4. The predicted octanol–water partition coefficient (Wildman–Crippen LogP) is 2.14. The van der Waals surface area contributed by atoms with Crippen LogP contribution in [0.25, 0.3) is 0 Å². The van der Waals surface area contributed by atoms with Crippen molar-refractivity contribution in [2.45, 2.75) is 6.54 Å². The van der Waals surface area contributed by atoms with E-state index in [-0.39, 0.29) is 0 Å². The molecule has 0 aliphatic heterocycles. The van der Waals surface area contributed by atoms with Crippen LogP contribution in [0.2, 0.25) is 0 Å². The maximum atomic E-state index is 10.2. The van der Waals surface area contributed by atoms with Gasteiger partial charge in [-0.3, -0.25) is 4.90 Å². The molecule has 4 heteroatoms. The molecule has 0 N–H and O–H groups in total. The zero-order valence-corrected chi connectivity index (χ0v) is 9.19. The highest BCUT2D eigenvalue weighted by Crippen LogP contribution is 2.21. The lowest BCUT2D eigenvalue weighted by molar-refractivity contribution is -0.108. The minimum absolute atomic E-state index is 0.494. The summed E-state index contributed by atoms with van der Waals surface area (Å²) in [5.41, 5.74) is 1.25. The first-order valence-corrected chi connectivity index (χ1v) is 5.24. The zero-order valence-electron chi connectivity index (χ0n) is 6.79. The Kier molecular flexibility index (Phi) is 3.91. The van der Waals surface area contributed by atoms with Gasteiger partial charge >= 0.3 is 0 Å². The maximum absolute atomic E-state index is 10.2. The summed E-state index contributed by atoms with van der Waals surface area (Å²) in [4.78, 5) is 12.1. The van der Waals surface area contributed by atoms with Crippen LogP contribution in [0.3, 0.4) is 0 Å². The highest BCUT2D eigenvalue weighted by atomic mass is 79.9. The Morgan fingerprint density at radius 2 is 2.50 bits per heavy atom. The number of nitrogens with zero attached hydrogens (tertiary/aromatic N) is 1. The normalized spacial score (nSPS) is 10.6. The summed E-state index contributed by atoms with van der Waals surface area (Å²) in [7, 11) is 1.93. The number of aldehydes is 1. The highest BCUT2D eigenvalue weighted by Gasteiger charge is 2.00. The fourth-order valence-electron chi connectivity index (χ4n) is 0.932. The maximum Gasteiger partial charge on any atom is 0.133 e. The average Bonchev–Trinajstić information content (AvgIpc) is 2.36. The van der Waals surface area contributed by atoms with E-state index in [4.69, 9.17) is 0 Å². The summed E-state index contributed by atoms with van der Waals surface area (Å²) in [6.07, 6.45) is 0.918. The molecule has 1 aromatic heterocycles. The van der Waals surface area contributed by atoms with Gasteiger partial charge in [0.1, 0.15) is 6.29 Å². The van der Waals surface area contributed by atoms with E-state index in [1.165, 1.54) is 5.56 Å². The molecule has 0 unspecified atom stereocenters. The zero-order chi connectivity index (χ0) is 8.97. The van der Waals surface area contributed by atoms with Crippen molar-refractivity contribution in [2.75, 3.05) is 13.6 Å². The van der Waals surface area contributed by atoms with Crippen molar-refractivity contribution in [1.29, 1.82) is 0 Å². The van der Waals surface area contributed by atoms with Crippen molar-refractivity contribution < 1.29 is 4.79 Å². The third-order valence-corrected chi connectivity index (χ3v) is 3.01. The topological polar surface area (TPSA) is 20.3 Å². The molecule has 0 aliphatic rings. The number of hydrogen-bond acceptors (Lipinski definition) is 3. The lowest BCUT2D eigenvalue weighted by Crippen LogP contribution is -2.19. The van der Waals surface area contributed by atoms with Crippen LogP contribution in [0.4, 0.5) is 0 Å². The Bertz CT molecular complexity index is 261. The van der Waals surface area contributed by atoms with E-state index in [1.807, 2.05) is 11.9 Å². The molecule has 0 saturated carbocycles. The number of carbonyl (C=O) groups excluding carboxylic acids is 1. The van der Waals surface area contributed by atoms with Gasteiger partial charge < -0.3 is 4.79 Å². The number of thiophene rings is 1. The standard InChI is InChI=1S/C8H10BrNOS/c1-10(2-3-11)5-7-4-8(9)12-6-7/h3-4,6H,2,5H2,1H3. The molecule has 66 valence electrons. The molecule has 1 heterocycles. The van der Waals surface area contributed by atoms with Crippen LogP contribution in [0.1, 0.15) is 5.56 Å². The van der Waals surface area contributed by atoms with E-state index in [2.05, 4.69) is 27.4 Å². The van der Waals surface area contributed by atoms with Crippen LogP contribution in [-0.2, 0) is 11.3 Å². The smallest absolute Gasteiger partial charge is 0.133 e. The van der Waals surface area contributed by atoms with Gasteiger partial charge in [0.2, 0.25) is 0 Å². The quantitative estimate of drug-likeness (QED) is 0.761. The molecule has 0 aliphatic carbocycles. The molecule has 0 saturated heterocycles. The molecule has 0 amide bonds. The first-order valence-electron chi connectivity index (χ1n) is 3.57. The van der Waals surface area contributed by atoms with Crippen LogP contribution in [-0.4, -0.2) is 24.8 Å². The Labute approximate surface area is 84.3 Å². The molecule has 2 nitrogen and oxygen atoms in total. The molecule has 1 rings (SSSR count). The second-order valence-electron chi connectivity index (χ2n) is 2.62. The van der Waals surface area contributed by atoms with Gasteiger partial charge in [-0.1, -0.05) is 0 Å². The van der Waals surface area contributed by atoms with Gasteiger partial charge in [0.25, 0.3) is 0 Å². The Morgan fingerprint density at radius 1 is 1.75 bits per heavy atom. The number of halogens is 1. The van der Waals surface area contributed by atoms with Crippen LogP contribution in [0.15, 0.2) is 15.2 Å². The van der Waals surface area contributed by atoms with Crippen molar-refractivity contribution in [1.82, 2.24) is 4.90 Å². The molecule has 0 radical (unpaired) electrons. The van der Waals surface area contributed by atoms with E-state index >= 15 is 0 Å². The van der Waals surface area contributed by atoms with Crippen molar-refractivity contribution in [2.24, 2.45) is 0 Å². The SMILES string of the molecule is CN(CC=O)Cc1csc(Br)c1. The fraction of sp³-hybridized carbons (Fsp3) is 0.375. The summed E-state index contributed by atoms with van der Waals surface area (Å²) in [6.45, 7) is 1.33. The van der Waals surface area contributed by atoms with Crippen LogP contribution in [0.5, 0.6) is 0 Å². The van der Waals surface area contributed by atoms with Gasteiger partial charge in [-0.05, 0) is 40.0 Å². The summed E-state index contributed by atoms with van der Waals surface area (Å²) >= 11 is 5.06. The second-order valence-corrected chi connectivity index (χ2v) is 4.91. The molecule has 0 bridgehead atoms. The Hall–Kier alpha value is -0.190. The average molecular weight is 248 g/mol. The van der Waals surface area contributed by atoms with Crippen LogP contribution < -0.4 is 0 Å². The molecule has 1 aromatic rings. The number of hydrogen-bond donors (Lipinski definition) is 0. The number of carbonyl (C=O) groups is 1. The molecule has 0 spiro atoms. The lowest BCUT2D eigenvalue weighted by Gasteiger charge is -2.10. The molecule has 12 heavy (non-hydrogen) atoms. The first-order chi connectivity index (χ1) is 5.72. The fourth-order valence-corrected chi connectivity index (χ4v) is 2.13. The monoisotopic (exact) mass is 247 g/mol. The van der Waals surface area contributed by atoms with Gasteiger partial charge in [0.15, 0.2) is 0 Å². The molecular weight excluding hydrogens is 238 g/mol. The van der Waals surface area contributed by atoms with E-state index in [1.54, 1.807) is 11.3 Å². The predicted molar refractivity (Wildman–Crippen MR) is 54.4 cm³/mol. The van der Waals surface area contributed by atoms with Crippen molar-refractivity contribution in [3.05, 3.63) is 20.8 Å². The van der Waals surface area contributed by atoms with Crippen molar-refractivity contribution >= 4 is 33.6 Å². The molecular formula is C8H10BrNOS. The molecule has 0 fully saturated rings. The summed E-state index contributed by atoms with van der Waals surface area (Å²) < 4.78 is 1.14. The second kappa shape index (κ2) is 4.74. The van der Waals surface area contributed by atoms with Crippen molar-refractivity contribution in [3.8, 4) is 0 Å². The number of likely N-dealkylation sites (N-methyl/N-ethyl adjacent to an activating group) is 1. The van der Waals surface area contributed by atoms with E-state index in [9.17, 15) is 4.79 Å². The highest BCUT2D eigenvalue weighted by molar-refractivity contribution is 9.11. The van der Waals surface area contributed by atoms with E-state index < -0.39 is 0 Å². The van der Waals surface area contributed by atoms with Gasteiger partial charge in [-0.2, -0.15) is 0 Å². The van der Waals surface area contributed by atoms with Crippen LogP contribution in [0, 0.1) is 0 Å². The third kappa shape index (κ3) is 3.05. The third-order valence-electron chi connectivity index (χ3n) is 1.46. The van der Waals surface area contributed by atoms with E-state index in [0.29, 0.717) is 6.54 Å². The summed E-state index contributed by atoms with van der Waals surface area (Å²) in [5.74, 6) is 0. The first kappa shape index (κ1) is 9.89. The van der Waals surface area contributed by atoms with E-state index in [0.717, 1.165) is 16.6 Å². The Balaban J connectivity index is 2.46. The lowest BCUT2D eigenvalue weighted by atomic mass is 10.3. The van der Waals surface area contributed by atoms with Gasteiger partial charge in [0, 0.05) is 6.54 Å². The minimum Gasteiger partial charge on any atom is -0.302 e. The largest absolute Gasteiger partial charge is 0.302 e. The summed E-state index contributed by atoms with van der Waals surface area (Å²) in [6, 6.07) is 2.08. The Morgan fingerprint density at radius 3 is 3.00 bits per heavy atom. The van der Waals surface area contributed by atoms with Crippen molar-refractivity contribution in [3.63, 3.8) is 0 Å². The molecule has 0 aromatic carbocycles. The van der Waals surface area contributed by atoms with Crippen LogP contribution >= 0.6 is 27.3 Å².